The molecule has 2 bridgehead atoms. The van der Waals surface area contributed by atoms with E-state index in [9.17, 15) is 8.42 Å². The van der Waals surface area contributed by atoms with E-state index in [1.54, 1.807) is 7.05 Å². The topological polar surface area (TPSA) is 90.0 Å². The third-order valence-corrected chi connectivity index (χ3v) is 6.46. The van der Waals surface area contributed by atoms with Crippen LogP contribution in [0.4, 0.5) is 5.82 Å². The molecule has 0 radical (unpaired) electrons. The number of anilines is 1. The van der Waals surface area contributed by atoms with Crippen molar-refractivity contribution in [1.82, 2.24) is 14.5 Å². The second-order valence-corrected chi connectivity index (χ2v) is 7.98. The van der Waals surface area contributed by atoms with Crippen molar-refractivity contribution in [2.24, 2.45) is 24.8 Å². The number of nitrogens with one attached hydrogen (secondary N) is 1. The predicted molar refractivity (Wildman–Crippen MR) is 76.3 cm³/mol. The first-order chi connectivity index (χ1) is 9.37. The quantitative estimate of drug-likeness (QED) is 0.871. The van der Waals surface area contributed by atoms with Crippen LogP contribution in [0.25, 0.3) is 0 Å². The van der Waals surface area contributed by atoms with Gasteiger partial charge in [-0.05, 0) is 43.9 Å². The zero-order chi connectivity index (χ0) is 14.5. The highest BCUT2D eigenvalue weighted by atomic mass is 32.2. The fourth-order valence-corrected chi connectivity index (χ4v) is 5.39. The van der Waals surface area contributed by atoms with Gasteiger partial charge in [0.1, 0.15) is 4.90 Å². The fourth-order valence-electron chi connectivity index (χ4n) is 3.99. The summed E-state index contributed by atoms with van der Waals surface area (Å²) in [5.41, 5.74) is 5.67. The van der Waals surface area contributed by atoms with Crippen LogP contribution in [0.3, 0.4) is 0 Å². The summed E-state index contributed by atoms with van der Waals surface area (Å²) in [5.74, 6) is 2.01. The maximum atomic E-state index is 12.4. The van der Waals surface area contributed by atoms with Crippen LogP contribution in [-0.2, 0) is 17.1 Å². The van der Waals surface area contributed by atoms with Gasteiger partial charge in [0.2, 0.25) is 10.0 Å². The summed E-state index contributed by atoms with van der Waals surface area (Å²) in [6, 6.07) is -0.0464. The lowest BCUT2D eigenvalue weighted by molar-refractivity contribution is 0.280. The van der Waals surface area contributed by atoms with Gasteiger partial charge in [-0.15, -0.1) is 0 Å². The Kier molecular flexibility index (Phi) is 3.29. The van der Waals surface area contributed by atoms with Crippen molar-refractivity contribution in [3.8, 4) is 0 Å². The molecule has 0 saturated heterocycles. The molecular formula is C13H22N4O2S. The largest absolute Gasteiger partial charge is 0.381 e. The lowest BCUT2D eigenvalue weighted by Crippen LogP contribution is -2.40. The second-order valence-electron chi connectivity index (χ2n) is 6.30. The summed E-state index contributed by atoms with van der Waals surface area (Å²) in [5, 5.41) is 3.90. The Morgan fingerprint density at radius 3 is 2.70 bits per heavy atom. The average molecular weight is 298 g/mol. The number of hydrogen-bond donors (Lipinski definition) is 2. The van der Waals surface area contributed by atoms with Crippen LogP contribution in [0.5, 0.6) is 0 Å². The number of nitrogen functional groups attached to an aromatic ring is 1. The van der Waals surface area contributed by atoms with E-state index < -0.39 is 10.0 Å². The molecule has 1 heterocycles. The van der Waals surface area contributed by atoms with E-state index in [1.165, 1.54) is 30.1 Å². The monoisotopic (exact) mass is 298 g/mol. The summed E-state index contributed by atoms with van der Waals surface area (Å²) in [4.78, 5) is 0.0787. The molecule has 7 heteroatoms. The van der Waals surface area contributed by atoms with Gasteiger partial charge in [0, 0.05) is 19.3 Å². The number of aromatic nitrogens is 2. The van der Waals surface area contributed by atoms with Crippen LogP contribution in [0.1, 0.15) is 32.6 Å². The molecule has 2 aliphatic carbocycles. The molecule has 1 aromatic rings. The first kappa shape index (κ1) is 13.9. The van der Waals surface area contributed by atoms with Crippen LogP contribution >= 0.6 is 0 Å². The van der Waals surface area contributed by atoms with E-state index in [-0.39, 0.29) is 16.8 Å². The van der Waals surface area contributed by atoms with Crippen molar-refractivity contribution in [3.63, 3.8) is 0 Å². The van der Waals surface area contributed by atoms with E-state index in [2.05, 4.69) is 9.82 Å². The van der Waals surface area contributed by atoms with Gasteiger partial charge in [-0.1, -0.05) is 6.42 Å². The molecule has 1 aromatic heterocycles. The molecule has 0 aromatic carbocycles. The smallest absolute Gasteiger partial charge is 0.246 e. The minimum absolute atomic E-state index is 0.0464. The van der Waals surface area contributed by atoms with Crippen molar-refractivity contribution in [2.75, 3.05) is 5.73 Å². The Balaban J connectivity index is 1.75. The second kappa shape index (κ2) is 4.73. The predicted octanol–water partition coefficient (Wildman–Crippen LogP) is 1.11. The van der Waals surface area contributed by atoms with Gasteiger partial charge >= 0.3 is 0 Å². The Hall–Kier alpha value is -1.08. The van der Waals surface area contributed by atoms with Crippen molar-refractivity contribution in [2.45, 2.75) is 43.5 Å². The molecule has 3 rings (SSSR count). The summed E-state index contributed by atoms with van der Waals surface area (Å²) in [6.45, 7) is 1.97. The van der Waals surface area contributed by atoms with Gasteiger partial charge in [0.05, 0.1) is 0 Å². The maximum absolute atomic E-state index is 12.4. The van der Waals surface area contributed by atoms with Crippen LogP contribution < -0.4 is 10.5 Å². The van der Waals surface area contributed by atoms with Gasteiger partial charge in [-0.3, -0.25) is 4.68 Å². The Morgan fingerprint density at radius 2 is 2.20 bits per heavy atom. The molecule has 4 unspecified atom stereocenters. The number of nitrogens with zero attached hydrogens (tertiary/aromatic N) is 2. The lowest BCUT2D eigenvalue weighted by atomic mass is 9.84. The molecule has 0 amide bonds. The molecule has 3 N–H and O–H groups in total. The third kappa shape index (κ3) is 2.33. The zero-order valence-electron chi connectivity index (χ0n) is 11.9. The highest BCUT2D eigenvalue weighted by molar-refractivity contribution is 7.89. The molecule has 6 nitrogen and oxygen atoms in total. The van der Waals surface area contributed by atoms with Gasteiger partial charge in [-0.2, -0.15) is 5.10 Å². The highest BCUT2D eigenvalue weighted by Crippen LogP contribution is 2.49. The van der Waals surface area contributed by atoms with Gasteiger partial charge in [0.15, 0.2) is 5.82 Å². The van der Waals surface area contributed by atoms with E-state index in [0.29, 0.717) is 11.8 Å². The van der Waals surface area contributed by atoms with Crippen LogP contribution in [0.15, 0.2) is 11.1 Å². The van der Waals surface area contributed by atoms with E-state index in [4.69, 9.17) is 5.73 Å². The van der Waals surface area contributed by atoms with Gasteiger partial charge < -0.3 is 5.73 Å². The van der Waals surface area contributed by atoms with E-state index >= 15 is 0 Å². The molecular weight excluding hydrogens is 276 g/mol. The summed E-state index contributed by atoms with van der Waals surface area (Å²) >= 11 is 0. The molecule has 2 saturated carbocycles. The molecule has 112 valence electrons. The van der Waals surface area contributed by atoms with E-state index in [0.717, 1.165) is 12.3 Å². The first-order valence-electron chi connectivity index (χ1n) is 7.18. The average Bonchev–Trinajstić information content (AvgIpc) is 3.03. The van der Waals surface area contributed by atoms with Crippen molar-refractivity contribution >= 4 is 15.8 Å². The first-order valence-corrected chi connectivity index (χ1v) is 8.66. The number of rotatable bonds is 4. The number of nitrogens with two attached hydrogens (primary N) is 1. The van der Waals surface area contributed by atoms with Crippen LogP contribution in [0, 0.1) is 17.8 Å². The minimum Gasteiger partial charge on any atom is -0.381 e. The van der Waals surface area contributed by atoms with Gasteiger partial charge in [-0.25, -0.2) is 13.1 Å². The Bertz CT molecular complexity index is 610. The van der Waals surface area contributed by atoms with E-state index in [1.807, 2.05) is 6.92 Å². The Labute approximate surface area is 119 Å². The van der Waals surface area contributed by atoms with Crippen molar-refractivity contribution < 1.29 is 8.42 Å². The SMILES string of the molecule is CC(NS(=O)(=O)c1cn(C)nc1N)C1CC2CCC1C2. The molecule has 4 atom stereocenters. The molecule has 2 fully saturated rings. The van der Waals surface area contributed by atoms with Crippen molar-refractivity contribution in [3.05, 3.63) is 6.20 Å². The molecule has 2 aliphatic rings. The maximum Gasteiger partial charge on any atom is 0.246 e. The summed E-state index contributed by atoms with van der Waals surface area (Å²) in [7, 11) is -1.92. The number of aryl methyl sites for hydroxylation is 1. The van der Waals surface area contributed by atoms with Crippen LogP contribution in [-0.4, -0.2) is 24.2 Å². The summed E-state index contributed by atoms with van der Waals surface area (Å²) < 4.78 is 29.0. The van der Waals surface area contributed by atoms with Crippen molar-refractivity contribution in [1.29, 1.82) is 0 Å². The highest BCUT2D eigenvalue weighted by Gasteiger charge is 2.42. The Morgan fingerprint density at radius 1 is 1.45 bits per heavy atom. The standard InChI is InChI=1S/C13H22N4O2S/c1-8(11-6-9-3-4-10(11)5-9)16-20(18,19)12-7-17(2)15-13(12)14/h7-11,16H,3-6H2,1-2H3,(H2,14,15). The molecule has 0 spiro atoms. The molecule has 0 aliphatic heterocycles. The summed E-state index contributed by atoms with van der Waals surface area (Å²) in [6.07, 6.45) is 6.43. The zero-order valence-corrected chi connectivity index (χ0v) is 12.7. The lowest BCUT2D eigenvalue weighted by Gasteiger charge is -2.28. The number of sulfonamides is 1. The minimum atomic E-state index is -3.58. The number of fused-ring (bicyclic) bond motifs is 2. The molecule has 20 heavy (non-hydrogen) atoms. The third-order valence-electron chi connectivity index (χ3n) is 4.89. The van der Waals surface area contributed by atoms with Gasteiger partial charge in [0.25, 0.3) is 0 Å². The normalized spacial score (nSPS) is 30.8. The van der Waals surface area contributed by atoms with Crippen LogP contribution in [0.2, 0.25) is 0 Å². The fraction of sp³-hybridized carbons (Fsp3) is 0.769. The number of hydrogen-bond acceptors (Lipinski definition) is 4.